The van der Waals surface area contributed by atoms with Crippen LogP contribution in [0.1, 0.15) is 13.3 Å². The van der Waals surface area contributed by atoms with Gasteiger partial charge in [0.25, 0.3) is 0 Å². The molecule has 2 rings (SSSR count). The Morgan fingerprint density at radius 2 is 1.57 bits per heavy atom. The smallest absolute Gasteiger partial charge is 0.180 e. The minimum Gasteiger partial charge on any atom is -0.457 e. The van der Waals surface area contributed by atoms with Gasteiger partial charge in [0.05, 0.1) is 10.1 Å². The fourth-order valence-corrected chi connectivity index (χ4v) is 3.86. The lowest BCUT2D eigenvalue weighted by Gasteiger charge is -2.12. The number of thiol groups is 1. The second-order valence-electron chi connectivity index (χ2n) is 4.75. The van der Waals surface area contributed by atoms with Gasteiger partial charge in [-0.2, -0.15) is 12.6 Å². The molecule has 0 spiro atoms. The minimum absolute atomic E-state index is 0.317. The van der Waals surface area contributed by atoms with Gasteiger partial charge in [0.15, 0.2) is 9.84 Å². The van der Waals surface area contributed by atoms with E-state index in [1.807, 2.05) is 30.3 Å². The normalized spacial score (nSPS) is 12.9. The van der Waals surface area contributed by atoms with E-state index in [4.69, 9.17) is 4.74 Å². The molecule has 0 aliphatic rings. The van der Waals surface area contributed by atoms with Crippen LogP contribution in [0.3, 0.4) is 0 Å². The second-order valence-corrected chi connectivity index (χ2v) is 7.57. The SMILES string of the molecule is CC(CCS)S(=O)(=O)c1ccc(Oc2ccccc2)cc1. The summed E-state index contributed by atoms with van der Waals surface area (Å²) >= 11 is 4.09. The van der Waals surface area contributed by atoms with Crippen LogP contribution in [0.4, 0.5) is 0 Å². The van der Waals surface area contributed by atoms with Crippen molar-refractivity contribution in [3.63, 3.8) is 0 Å². The van der Waals surface area contributed by atoms with Crippen molar-refractivity contribution in [1.29, 1.82) is 0 Å². The number of hydrogen-bond acceptors (Lipinski definition) is 4. The molecule has 2 aromatic carbocycles. The van der Waals surface area contributed by atoms with E-state index >= 15 is 0 Å². The standard InChI is InChI=1S/C16H18O3S2/c1-13(11-12-20)21(17,18)16-9-7-15(8-10-16)19-14-5-3-2-4-6-14/h2-10,13,20H,11-12H2,1H3. The number of benzene rings is 2. The average Bonchev–Trinajstić information content (AvgIpc) is 2.49. The lowest BCUT2D eigenvalue weighted by atomic mass is 10.3. The molecule has 0 N–H and O–H groups in total. The van der Waals surface area contributed by atoms with Crippen LogP contribution < -0.4 is 4.74 Å². The first kappa shape index (κ1) is 15.9. The van der Waals surface area contributed by atoms with Gasteiger partial charge in [0, 0.05) is 0 Å². The van der Waals surface area contributed by atoms with Crippen LogP contribution in [0.15, 0.2) is 59.5 Å². The summed E-state index contributed by atoms with van der Waals surface area (Å²) in [6.45, 7) is 1.71. The van der Waals surface area contributed by atoms with E-state index in [2.05, 4.69) is 12.6 Å². The fourth-order valence-electron chi connectivity index (χ4n) is 1.89. The first-order valence-electron chi connectivity index (χ1n) is 6.72. The third-order valence-electron chi connectivity index (χ3n) is 3.20. The monoisotopic (exact) mass is 322 g/mol. The Hall–Kier alpha value is -1.46. The zero-order valence-electron chi connectivity index (χ0n) is 11.8. The highest BCUT2D eigenvalue weighted by Gasteiger charge is 2.22. The first-order chi connectivity index (χ1) is 10.0. The third kappa shape index (κ3) is 4.02. The predicted octanol–water partition coefficient (Wildman–Crippen LogP) is 3.96. The summed E-state index contributed by atoms with van der Waals surface area (Å²) in [6, 6.07) is 15.9. The largest absolute Gasteiger partial charge is 0.457 e. The summed E-state index contributed by atoms with van der Waals surface area (Å²) in [6.07, 6.45) is 0.535. The van der Waals surface area contributed by atoms with Crippen molar-refractivity contribution in [2.75, 3.05) is 5.75 Å². The molecule has 0 aromatic heterocycles. The lowest BCUT2D eigenvalue weighted by molar-refractivity contribution is 0.482. The number of ether oxygens (including phenoxy) is 1. The van der Waals surface area contributed by atoms with E-state index in [1.54, 1.807) is 31.2 Å². The van der Waals surface area contributed by atoms with E-state index < -0.39 is 15.1 Å². The summed E-state index contributed by atoms with van der Waals surface area (Å²) in [5.74, 6) is 1.88. The van der Waals surface area contributed by atoms with Gasteiger partial charge in [-0.1, -0.05) is 18.2 Å². The van der Waals surface area contributed by atoms with Crippen LogP contribution in [0.25, 0.3) is 0 Å². The van der Waals surface area contributed by atoms with Crippen molar-refractivity contribution in [3.8, 4) is 11.5 Å². The maximum atomic E-state index is 12.3. The summed E-state index contributed by atoms with van der Waals surface area (Å²) in [4.78, 5) is 0.317. The Balaban J connectivity index is 2.15. The van der Waals surface area contributed by atoms with Gasteiger partial charge in [-0.05, 0) is 55.5 Å². The highest BCUT2D eigenvalue weighted by atomic mass is 32.2. The summed E-state index contributed by atoms with van der Waals surface area (Å²) < 4.78 is 30.3. The van der Waals surface area contributed by atoms with Crippen molar-refractivity contribution in [3.05, 3.63) is 54.6 Å². The van der Waals surface area contributed by atoms with E-state index in [0.717, 1.165) is 5.75 Å². The fraction of sp³-hybridized carbons (Fsp3) is 0.250. The Labute approximate surface area is 131 Å². The summed E-state index contributed by atoms with van der Waals surface area (Å²) in [5, 5.41) is -0.434. The van der Waals surface area contributed by atoms with Crippen LogP contribution in [0.2, 0.25) is 0 Å². The molecular weight excluding hydrogens is 304 g/mol. The van der Waals surface area contributed by atoms with Crippen LogP contribution >= 0.6 is 12.6 Å². The summed E-state index contributed by atoms with van der Waals surface area (Å²) in [7, 11) is -3.30. The molecule has 0 aliphatic heterocycles. The first-order valence-corrected chi connectivity index (χ1v) is 8.89. The molecule has 0 radical (unpaired) electrons. The molecule has 0 amide bonds. The Morgan fingerprint density at radius 3 is 2.14 bits per heavy atom. The van der Waals surface area contributed by atoms with Crippen molar-refractivity contribution < 1.29 is 13.2 Å². The number of para-hydroxylation sites is 1. The van der Waals surface area contributed by atoms with Crippen LogP contribution in [-0.4, -0.2) is 19.4 Å². The van der Waals surface area contributed by atoms with Gasteiger partial charge < -0.3 is 4.74 Å². The highest BCUT2D eigenvalue weighted by Crippen LogP contribution is 2.24. The van der Waals surface area contributed by atoms with Crippen molar-refractivity contribution in [2.24, 2.45) is 0 Å². The second kappa shape index (κ2) is 7.00. The minimum atomic E-state index is -3.30. The van der Waals surface area contributed by atoms with E-state index in [1.165, 1.54) is 0 Å². The Bertz CT molecular complexity index is 664. The average molecular weight is 322 g/mol. The van der Waals surface area contributed by atoms with Crippen molar-refractivity contribution in [2.45, 2.75) is 23.5 Å². The molecule has 21 heavy (non-hydrogen) atoms. The van der Waals surface area contributed by atoms with Crippen molar-refractivity contribution >= 4 is 22.5 Å². The highest BCUT2D eigenvalue weighted by molar-refractivity contribution is 7.92. The molecule has 1 unspecified atom stereocenters. The topological polar surface area (TPSA) is 43.4 Å². The van der Waals surface area contributed by atoms with Gasteiger partial charge in [-0.3, -0.25) is 0 Å². The van der Waals surface area contributed by atoms with Gasteiger partial charge in [-0.15, -0.1) is 0 Å². The Kier molecular flexibility index (Phi) is 5.31. The van der Waals surface area contributed by atoms with Gasteiger partial charge in [0.2, 0.25) is 0 Å². The van der Waals surface area contributed by atoms with Crippen LogP contribution in [0, 0.1) is 0 Å². The Morgan fingerprint density at radius 1 is 1.00 bits per heavy atom. The zero-order chi connectivity index (χ0) is 15.3. The molecule has 1 atom stereocenters. The summed E-state index contributed by atoms with van der Waals surface area (Å²) in [5.41, 5.74) is 0. The maximum absolute atomic E-state index is 12.3. The van der Waals surface area contributed by atoms with Crippen LogP contribution in [0.5, 0.6) is 11.5 Å². The van der Waals surface area contributed by atoms with Crippen LogP contribution in [-0.2, 0) is 9.84 Å². The van der Waals surface area contributed by atoms with E-state index in [0.29, 0.717) is 22.8 Å². The van der Waals surface area contributed by atoms with E-state index in [9.17, 15) is 8.42 Å². The maximum Gasteiger partial charge on any atom is 0.180 e. The molecule has 0 bridgehead atoms. The molecule has 0 heterocycles. The number of sulfone groups is 1. The van der Waals surface area contributed by atoms with E-state index in [-0.39, 0.29) is 0 Å². The van der Waals surface area contributed by atoms with Gasteiger partial charge in [0.1, 0.15) is 11.5 Å². The lowest BCUT2D eigenvalue weighted by Crippen LogP contribution is -2.18. The molecule has 112 valence electrons. The molecule has 0 saturated carbocycles. The predicted molar refractivity (Wildman–Crippen MR) is 88.1 cm³/mol. The molecule has 0 saturated heterocycles. The molecule has 3 nitrogen and oxygen atoms in total. The van der Waals surface area contributed by atoms with Crippen molar-refractivity contribution in [1.82, 2.24) is 0 Å². The van der Waals surface area contributed by atoms with Gasteiger partial charge in [-0.25, -0.2) is 8.42 Å². The zero-order valence-corrected chi connectivity index (χ0v) is 13.5. The molecule has 2 aromatic rings. The molecule has 0 fully saturated rings. The third-order valence-corrected chi connectivity index (χ3v) is 5.68. The number of hydrogen-bond donors (Lipinski definition) is 1. The number of rotatable bonds is 6. The molecule has 5 heteroatoms. The van der Waals surface area contributed by atoms with Gasteiger partial charge >= 0.3 is 0 Å². The molecular formula is C16H18O3S2. The molecule has 0 aliphatic carbocycles. The quantitative estimate of drug-likeness (QED) is 0.819.